The maximum Gasteiger partial charge on any atom is 0.258 e. The summed E-state index contributed by atoms with van der Waals surface area (Å²) in [7, 11) is 0. The van der Waals surface area contributed by atoms with Gasteiger partial charge in [-0.3, -0.25) is 9.79 Å². The standard InChI is InChI=1S/C24H31N5O4S2/c1-14-10-11-18(34-14)20(24(2,3)4)26-22-21(27-35(33)28-22)25-17-9-5-8-16(19(17)31)23(32)29-12-6-7-15(29)13-30/h5,8-11,15,20,30-31H,6-7,12-13H2,1-4H3,(H,25,27)(H,26,28)/t15-,20?,35?/m0/s1. The van der Waals surface area contributed by atoms with Crippen LogP contribution in [0.5, 0.6) is 5.75 Å². The number of phenols is 1. The van der Waals surface area contributed by atoms with Crippen LogP contribution in [0.4, 0.5) is 11.5 Å². The van der Waals surface area contributed by atoms with Crippen molar-refractivity contribution in [2.24, 2.45) is 10.4 Å². The van der Waals surface area contributed by atoms with E-state index in [2.05, 4.69) is 47.0 Å². The van der Waals surface area contributed by atoms with E-state index in [9.17, 15) is 19.6 Å². The first-order valence-corrected chi connectivity index (χ1v) is 13.4. The number of aromatic amines is 1. The summed E-state index contributed by atoms with van der Waals surface area (Å²) in [5.41, 5.74) is 0.490. The summed E-state index contributed by atoms with van der Waals surface area (Å²) in [5.74, 6) is -0.352. The molecule has 0 bridgehead atoms. The molecule has 9 nitrogen and oxygen atoms in total. The number of phenolic OH excluding ortho intramolecular Hbond substituents is 1. The molecule has 3 heterocycles. The predicted octanol–water partition coefficient (Wildman–Crippen LogP) is 4.24. The molecular weight excluding hydrogens is 486 g/mol. The van der Waals surface area contributed by atoms with Gasteiger partial charge in [0.05, 0.1) is 29.9 Å². The number of aliphatic hydroxyl groups excluding tert-OH is 1. The Morgan fingerprint density at radius 2 is 2.17 bits per heavy atom. The second kappa shape index (κ2) is 10.1. The molecule has 1 aliphatic heterocycles. The van der Waals surface area contributed by atoms with E-state index in [4.69, 9.17) is 4.99 Å². The summed E-state index contributed by atoms with van der Waals surface area (Å²) in [6.07, 6.45) is 1.54. The topological polar surface area (TPSA) is 137 Å². The van der Waals surface area contributed by atoms with Crippen molar-refractivity contribution in [2.45, 2.75) is 52.6 Å². The van der Waals surface area contributed by atoms with E-state index in [0.29, 0.717) is 12.0 Å². The Morgan fingerprint density at radius 3 is 2.83 bits per heavy atom. The molecule has 1 aliphatic rings. The lowest BCUT2D eigenvalue weighted by atomic mass is 9.86. The highest BCUT2D eigenvalue weighted by atomic mass is 32.2. The highest BCUT2D eigenvalue weighted by Gasteiger charge is 2.31. The Labute approximate surface area is 211 Å². The minimum atomic E-state index is -1.72. The number of rotatable bonds is 6. The number of likely N-dealkylation sites (tertiary alicyclic amines) is 1. The Balaban J connectivity index is 1.69. The minimum Gasteiger partial charge on any atom is -0.548 e. The highest BCUT2D eigenvalue weighted by Crippen LogP contribution is 2.39. The number of aromatic hydroxyl groups is 1. The van der Waals surface area contributed by atoms with Crippen molar-refractivity contribution in [1.82, 2.24) is 13.6 Å². The molecule has 1 saturated heterocycles. The first-order valence-electron chi connectivity index (χ1n) is 11.5. The van der Waals surface area contributed by atoms with Crippen LogP contribution < -0.4 is 10.8 Å². The number of H-pyrrole nitrogens is 1. The second-order valence-electron chi connectivity index (χ2n) is 9.79. The van der Waals surface area contributed by atoms with Crippen molar-refractivity contribution >= 4 is 39.9 Å². The van der Waals surface area contributed by atoms with Crippen LogP contribution in [0.15, 0.2) is 35.3 Å². The van der Waals surface area contributed by atoms with Crippen LogP contribution in [-0.4, -0.2) is 53.5 Å². The summed E-state index contributed by atoms with van der Waals surface area (Å²) >= 11 is -0.0535. The number of aryl methyl sites for hydroxylation is 1. The first kappa shape index (κ1) is 25.4. The zero-order valence-corrected chi connectivity index (χ0v) is 21.9. The first-order chi connectivity index (χ1) is 16.6. The van der Waals surface area contributed by atoms with Gasteiger partial charge in [-0.25, -0.2) is 0 Å². The lowest BCUT2D eigenvalue weighted by molar-refractivity contribution is 0.0674. The van der Waals surface area contributed by atoms with Crippen molar-refractivity contribution in [3.8, 4) is 5.75 Å². The number of benzene rings is 1. The van der Waals surface area contributed by atoms with Crippen molar-refractivity contribution in [2.75, 3.05) is 18.5 Å². The van der Waals surface area contributed by atoms with Gasteiger partial charge in [0.15, 0.2) is 16.9 Å². The van der Waals surface area contributed by atoms with Gasteiger partial charge < -0.3 is 25.0 Å². The fraction of sp³-hybridized carbons (Fsp3) is 0.458. The number of amides is 1. The number of nitrogens with zero attached hydrogens (tertiary/aromatic N) is 3. The van der Waals surface area contributed by atoms with Gasteiger partial charge in [-0.2, -0.15) is 0 Å². The zero-order chi connectivity index (χ0) is 25.3. The third-order valence-electron chi connectivity index (χ3n) is 6.06. The molecule has 3 aromatic rings. The smallest absolute Gasteiger partial charge is 0.258 e. The average Bonchev–Trinajstić information content (AvgIpc) is 3.52. The largest absolute Gasteiger partial charge is 0.548 e. The SMILES string of the molecule is Cc1ccc(C(N=c2[nH][s+]([O-])nc2Nc2cccc(C(=O)N3CCC[C@H]3CO)c2O)C(C)(C)C)s1. The van der Waals surface area contributed by atoms with Gasteiger partial charge in [-0.1, -0.05) is 26.8 Å². The molecule has 2 aromatic heterocycles. The maximum absolute atomic E-state index is 13.1. The predicted molar refractivity (Wildman–Crippen MR) is 137 cm³/mol. The van der Waals surface area contributed by atoms with E-state index < -0.39 is 11.1 Å². The third-order valence-corrected chi connectivity index (χ3v) is 7.83. The van der Waals surface area contributed by atoms with Crippen LogP contribution in [0, 0.1) is 12.3 Å². The molecule has 2 unspecified atom stereocenters. The highest BCUT2D eigenvalue weighted by molar-refractivity contribution is 7.14. The summed E-state index contributed by atoms with van der Waals surface area (Å²) in [5, 5.41) is 23.5. The van der Waals surface area contributed by atoms with Crippen molar-refractivity contribution < 1.29 is 19.6 Å². The van der Waals surface area contributed by atoms with Crippen molar-refractivity contribution in [1.29, 1.82) is 0 Å². The Kier molecular flexibility index (Phi) is 7.32. The van der Waals surface area contributed by atoms with E-state index in [1.165, 1.54) is 4.88 Å². The number of carbonyl (C=O) groups excluding carboxylic acids is 1. The number of thiophene rings is 1. The van der Waals surface area contributed by atoms with Crippen LogP contribution in [0.1, 0.15) is 59.8 Å². The lowest BCUT2D eigenvalue weighted by Crippen LogP contribution is -2.37. The number of aromatic nitrogens is 2. The summed E-state index contributed by atoms with van der Waals surface area (Å²) in [6.45, 7) is 8.73. The molecule has 1 aromatic carbocycles. The molecule has 35 heavy (non-hydrogen) atoms. The van der Waals surface area contributed by atoms with E-state index in [0.717, 1.165) is 17.7 Å². The molecule has 1 fully saturated rings. The molecule has 1 amide bonds. The van der Waals surface area contributed by atoms with Crippen molar-refractivity contribution in [3.05, 3.63) is 51.1 Å². The monoisotopic (exact) mass is 517 g/mol. The minimum absolute atomic E-state index is 0.114. The number of aliphatic hydroxyl groups is 1. The molecule has 0 spiro atoms. The molecular formula is C24H31N5O4S2. The number of nitrogens with one attached hydrogen (secondary N) is 2. The van der Waals surface area contributed by atoms with Crippen LogP contribution in [0.2, 0.25) is 0 Å². The Bertz CT molecular complexity index is 1270. The Morgan fingerprint density at radius 1 is 1.40 bits per heavy atom. The zero-order valence-electron chi connectivity index (χ0n) is 20.2. The van der Waals surface area contributed by atoms with Crippen molar-refractivity contribution in [3.63, 3.8) is 0 Å². The number of hydrogen-bond acceptors (Lipinski definition) is 8. The fourth-order valence-electron chi connectivity index (χ4n) is 4.26. The van der Waals surface area contributed by atoms with E-state index >= 15 is 0 Å². The Hall–Kier alpha value is -2.73. The van der Waals surface area contributed by atoms with E-state index in [-0.39, 0.29) is 52.8 Å². The molecule has 3 atom stereocenters. The third kappa shape index (κ3) is 5.43. The quantitative estimate of drug-likeness (QED) is 0.285. The second-order valence-corrected chi connectivity index (χ2v) is 12.0. The number of para-hydroxylation sites is 1. The molecule has 188 valence electrons. The summed E-state index contributed by atoms with van der Waals surface area (Å²) in [6, 6.07) is 8.46. The number of carbonyl (C=O) groups is 1. The van der Waals surface area contributed by atoms with E-state index in [1.807, 2.05) is 6.92 Å². The van der Waals surface area contributed by atoms with Crippen LogP contribution in [0.25, 0.3) is 0 Å². The van der Waals surface area contributed by atoms with Gasteiger partial charge in [-0.05, 0) is 49.4 Å². The average molecular weight is 518 g/mol. The van der Waals surface area contributed by atoms with Gasteiger partial charge in [-0.15, -0.1) is 15.7 Å². The molecule has 4 rings (SSSR count). The molecule has 4 N–H and O–H groups in total. The molecule has 11 heteroatoms. The maximum atomic E-state index is 13.1. The normalized spacial score (nSPS) is 18.2. The number of hydrogen-bond donors (Lipinski definition) is 4. The molecule has 0 aliphatic carbocycles. The van der Waals surface area contributed by atoms with E-state index in [1.54, 1.807) is 34.4 Å². The van der Waals surface area contributed by atoms with Gasteiger partial charge in [0, 0.05) is 20.7 Å². The summed E-state index contributed by atoms with van der Waals surface area (Å²) in [4.78, 5) is 21.8. The van der Waals surface area contributed by atoms with Gasteiger partial charge >= 0.3 is 0 Å². The number of anilines is 2. The van der Waals surface area contributed by atoms with Crippen LogP contribution in [-0.2, 0) is 0 Å². The molecule has 0 radical (unpaired) electrons. The van der Waals surface area contributed by atoms with Crippen LogP contribution in [0.3, 0.4) is 0 Å². The molecule has 0 saturated carbocycles. The summed E-state index contributed by atoms with van der Waals surface area (Å²) < 4.78 is 19.2. The van der Waals surface area contributed by atoms with Gasteiger partial charge in [0.2, 0.25) is 11.3 Å². The van der Waals surface area contributed by atoms with Gasteiger partial charge in [0.25, 0.3) is 5.91 Å². The fourth-order valence-corrected chi connectivity index (χ4v) is 6.08. The van der Waals surface area contributed by atoms with Crippen LogP contribution >= 0.6 is 22.5 Å². The van der Waals surface area contributed by atoms with Gasteiger partial charge in [0.1, 0.15) is 0 Å². The lowest BCUT2D eigenvalue weighted by Gasteiger charge is -2.26.